The highest BCUT2D eigenvalue weighted by atomic mass is 32.2. The summed E-state index contributed by atoms with van der Waals surface area (Å²) < 4.78 is 29.5. The molecule has 1 aliphatic rings. The fraction of sp³-hybridized carbons (Fsp3) is 0.667. The van der Waals surface area contributed by atoms with Gasteiger partial charge in [-0.25, -0.2) is 18.1 Å². The Bertz CT molecular complexity index is 726. The molecule has 2 aromatic rings. The molecule has 20 heavy (non-hydrogen) atoms. The van der Waals surface area contributed by atoms with Crippen molar-refractivity contribution in [2.45, 2.75) is 57.0 Å². The Morgan fingerprint density at radius 2 is 1.95 bits per heavy atom. The Morgan fingerprint density at radius 1 is 1.25 bits per heavy atom. The third kappa shape index (κ3) is 2.47. The molecule has 0 amide bonds. The van der Waals surface area contributed by atoms with E-state index in [1.807, 2.05) is 6.92 Å². The van der Waals surface area contributed by atoms with Crippen molar-refractivity contribution in [1.29, 1.82) is 0 Å². The van der Waals surface area contributed by atoms with E-state index < -0.39 is 10.0 Å². The molecule has 0 aromatic carbocycles. The van der Waals surface area contributed by atoms with Crippen molar-refractivity contribution in [1.82, 2.24) is 19.3 Å². The van der Waals surface area contributed by atoms with Crippen LogP contribution in [0.1, 0.15) is 42.8 Å². The normalized spacial score (nSPS) is 17.9. The largest absolute Gasteiger partial charge is 0.260 e. The highest BCUT2D eigenvalue weighted by molar-refractivity contribution is 7.89. The maximum Gasteiger partial charge on any atom is 0.260 e. The Kier molecular flexibility index (Phi) is 3.55. The number of sulfonamides is 1. The predicted molar refractivity (Wildman–Crippen MR) is 77.5 cm³/mol. The number of fused-ring (bicyclic) bond motifs is 1. The molecule has 0 saturated heterocycles. The zero-order valence-electron chi connectivity index (χ0n) is 11.6. The zero-order chi connectivity index (χ0) is 14.3. The molecule has 0 bridgehead atoms. The van der Waals surface area contributed by atoms with Crippen molar-refractivity contribution in [2.75, 3.05) is 0 Å². The average Bonchev–Trinajstić information content (AvgIpc) is 2.83. The Morgan fingerprint density at radius 3 is 2.65 bits per heavy atom. The number of imidazole rings is 1. The molecular formula is C12H18N4O2S2. The van der Waals surface area contributed by atoms with Crippen LogP contribution in [-0.2, 0) is 10.0 Å². The lowest BCUT2D eigenvalue weighted by molar-refractivity contribution is 0.411. The standard InChI is InChI=1S/C12H18N4O2S2/c1-8-11(16-12(13-8)19-9(2)14-16)20(17,18)15-10-6-4-3-5-7-10/h10,15H,3-7H2,1-2H3. The number of rotatable bonds is 3. The molecule has 1 saturated carbocycles. The maximum atomic E-state index is 12.6. The van der Waals surface area contributed by atoms with Gasteiger partial charge in [0, 0.05) is 6.04 Å². The number of aromatic nitrogens is 3. The summed E-state index contributed by atoms with van der Waals surface area (Å²) in [5, 5.41) is 5.24. The van der Waals surface area contributed by atoms with E-state index in [9.17, 15) is 8.42 Å². The molecule has 8 heteroatoms. The second-order valence-corrected chi connectivity index (χ2v) is 8.06. The summed E-state index contributed by atoms with van der Waals surface area (Å²) in [5.74, 6) is 0. The molecule has 0 radical (unpaired) electrons. The van der Waals surface area contributed by atoms with Gasteiger partial charge >= 0.3 is 0 Å². The van der Waals surface area contributed by atoms with Crippen molar-refractivity contribution in [3.05, 3.63) is 10.7 Å². The Hall–Kier alpha value is -0.990. The number of aryl methyl sites for hydroxylation is 2. The first-order valence-corrected chi connectivity index (χ1v) is 9.12. The van der Waals surface area contributed by atoms with Gasteiger partial charge in [-0.15, -0.1) is 0 Å². The third-order valence-corrected chi connectivity index (χ3v) is 6.05. The lowest BCUT2D eigenvalue weighted by Gasteiger charge is -2.22. The fourth-order valence-electron chi connectivity index (χ4n) is 2.73. The van der Waals surface area contributed by atoms with Crippen LogP contribution in [0.3, 0.4) is 0 Å². The first-order valence-electron chi connectivity index (χ1n) is 6.82. The second kappa shape index (κ2) is 5.09. The van der Waals surface area contributed by atoms with Gasteiger partial charge in [0.2, 0.25) is 4.96 Å². The molecular weight excluding hydrogens is 296 g/mol. The number of hydrogen-bond acceptors (Lipinski definition) is 5. The van der Waals surface area contributed by atoms with E-state index in [1.165, 1.54) is 22.3 Å². The van der Waals surface area contributed by atoms with Crippen LogP contribution in [0.15, 0.2) is 5.03 Å². The van der Waals surface area contributed by atoms with Crippen LogP contribution in [0.2, 0.25) is 0 Å². The van der Waals surface area contributed by atoms with Gasteiger partial charge in [0.15, 0.2) is 5.03 Å². The molecule has 2 heterocycles. The van der Waals surface area contributed by atoms with E-state index in [0.717, 1.165) is 30.7 Å². The molecule has 0 unspecified atom stereocenters. The molecule has 6 nitrogen and oxygen atoms in total. The van der Waals surface area contributed by atoms with Crippen LogP contribution >= 0.6 is 11.3 Å². The van der Waals surface area contributed by atoms with E-state index in [4.69, 9.17) is 0 Å². The molecule has 0 aliphatic heterocycles. The molecule has 1 N–H and O–H groups in total. The fourth-order valence-corrected chi connectivity index (χ4v) is 5.15. The first kappa shape index (κ1) is 14.0. The summed E-state index contributed by atoms with van der Waals surface area (Å²) in [5.41, 5.74) is 0.507. The molecule has 2 aromatic heterocycles. The van der Waals surface area contributed by atoms with Gasteiger partial charge in [0.25, 0.3) is 10.0 Å². The predicted octanol–water partition coefficient (Wildman–Crippen LogP) is 2.02. The van der Waals surface area contributed by atoms with Crippen molar-refractivity contribution in [3.63, 3.8) is 0 Å². The Balaban J connectivity index is 1.97. The first-order chi connectivity index (χ1) is 9.47. The summed E-state index contributed by atoms with van der Waals surface area (Å²) in [7, 11) is -3.57. The van der Waals surface area contributed by atoms with Gasteiger partial charge in [0.1, 0.15) is 5.01 Å². The van der Waals surface area contributed by atoms with E-state index >= 15 is 0 Å². The van der Waals surface area contributed by atoms with Gasteiger partial charge < -0.3 is 0 Å². The summed E-state index contributed by atoms with van der Waals surface area (Å²) in [6.45, 7) is 3.56. The Labute approximate surface area is 122 Å². The van der Waals surface area contributed by atoms with Gasteiger partial charge in [-0.3, -0.25) is 0 Å². The van der Waals surface area contributed by atoms with Crippen molar-refractivity contribution < 1.29 is 8.42 Å². The summed E-state index contributed by atoms with van der Waals surface area (Å²) in [6.07, 6.45) is 5.19. The topological polar surface area (TPSA) is 76.4 Å². The number of nitrogens with one attached hydrogen (secondary N) is 1. The minimum Gasteiger partial charge on any atom is -0.221 e. The van der Waals surface area contributed by atoms with Gasteiger partial charge in [0.05, 0.1) is 5.69 Å². The van der Waals surface area contributed by atoms with Crippen LogP contribution in [0.5, 0.6) is 0 Å². The highest BCUT2D eigenvalue weighted by Crippen LogP contribution is 2.24. The summed E-state index contributed by atoms with van der Waals surface area (Å²) in [6, 6.07) is 0.0402. The minimum atomic E-state index is -3.57. The molecule has 0 spiro atoms. The van der Waals surface area contributed by atoms with Crippen LogP contribution in [0.4, 0.5) is 0 Å². The quantitative estimate of drug-likeness (QED) is 0.940. The second-order valence-electron chi connectivity index (χ2n) is 5.27. The highest BCUT2D eigenvalue weighted by Gasteiger charge is 2.28. The minimum absolute atomic E-state index is 0.0402. The number of hydrogen-bond donors (Lipinski definition) is 1. The monoisotopic (exact) mass is 314 g/mol. The van der Waals surface area contributed by atoms with Gasteiger partial charge in [-0.1, -0.05) is 30.6 Å². The van der Waals surface area contributed by atoms with Crippen LogP contribution in [-0.4, -0.2) is 29.1 Å². The van der Waals surface area contributed by atoms with Crippen LogP contribution < -0.4 is 4.72 Å². The molecule has 0 atom stereocenters. The molecule has 1 fully saturated rings. The zero-order valence-corrected chi connectivity index (χ0v) is 13.2. The van der Waals surface area contributed by atoms with Crippen LogP contribution in [0, 0.1) is 13.8 Å². The average molecular weight is 314 g/mol. The number of nitrogens with zero attached hydrogens (tertiary/aromatic N) is 3. The molecule has 3 rings (SSSR count). The smallest absolute Gasteiger partial charge is 0.221 e. The summed E-state index contributed by atoms with van der Waals surface area (Å²) >= 11 is 1.40. The van der Waals surface area contributed by atoms with E-state index in [2.05, 4.69) is 14.8 Å². The van der Waals surface area contributed by atoms with Crippen molar-refractivity contribution in [2.24, 2.45) is 0 Å². The SMILES string of the molecule is Cc1nn2c(S(=O)(=O)NC3CCCCC3)c(C)nc2s1. The van der Waals surface area contributed by atoms with Gasteiger partial charge in [-0.2, -0.15) is 9.61 Å². The molecule has 1 aliphatic carbocycles. The lowest BCUT2D eigenvalue weighted by Crippen LogP contribution is -2.37. The van der Waals surface area contributed by atoms with Gasteiger partial charge in [-0.05, 0) is 26.7 Å². The molecule has 110 valence electrons. The third-order valence-electron chi connectivity index (χ3n) is 3.61. The van der Waals surface area contributed by atoms with E-state index in [1.54, 1.807) is 6.92 Å². The van der Waals surface area contributed by atoms with Crippen molar-refractivity contribution >= 4 is 26.3 Å². The lowest BCUT2D eigenvalue weighted by atomic mass is 9.96. The van der Waals surface area contributed by atoms with E-state index in [-0.39, 0.29) is 11.1 Å². The van der Waals surface area contributed by atoms with E-state index in [0.29, 0.717) is 10.7 Å². The van der Waals surface area contributed by atoms with Crippen LogP contribution in [0.25, 0.3) is 4.96 Å². The summed E-state index contributed by atoms with van der Waals surface area (Å²) in [4.78, 5) is 4.92. The van der Waals surface area contributed by atoms with Crippen molar-refractivity contribution in [3.8, 4) is 0 Å². The maximum absolute atomic E-state index is 12.6.